The predicted octanol–water partition coefficient (Wildman–Crippen LogP) is 0.897. The molecule has 1 atom stereocenters. The number of rotatable bonds is 5. The summed E-state index contributed by atoms with van der Waals surface area (Å²) in [6.07, 6.45) is 3.09. The summed E-state index contributed by atoms with van der Waals surface area (Å²) in [4.78, 5) is 25.6. The highest BCUT2D eigenvalue weighted by Crippen LogP contribution is 2.30. The predicted molar refractivity (Wildman–Crippen MR) is 77.8 cm³/mol. The van der Waals surface area contributed by atoms with Crippen molar-refractivity contribution in [2.75, 3.05) is 19.6 Å². The van der Waals surface area contributed by atoms with Crippen molar-refractivity contribution in [3.8, 4) is 0 Å². The Morgan fingerprint density at radius 2 is 1.89 bits per heavy atom. The van der Waals surface area contributed by atoms with Crippen LogP contribution in [0.3, 0.4) is 0 Å². The number of amides is 2. The third-order valence-corrected chi connectivity index (χ3v) is 4.31. The Balaban J connectivity index is 0.00000324. The largest absolute Gasteiger partial charge is 0.369 e. The summed E-state index contributed by atoms with van der Waals surface area (Å²) >= 11 is 0. The number of nitrogens with two attached hydrogens (primary N) is 2. The Morgan fingerprint density at radius 1 is 1.32 bits per heavy atom. The van der Waals surface area contributed by atoms with Crippen LogP contribution in [0.15, 0.2) is 0 Å². The van der Waals surface area contributed by atoms with E-state index in [9.17, 15) is 9.59 Å². The second-order valence-electron chi connectivity index (χ2n) is 5.18. The van der Waals surface area contributed by atoms with Gasteiger partial charge in [-0.1, -0.05) is 13.8 Å². The second-order valence-corrected chi connectivity index (χ2v) is 5.18. The summed E-state index contributed by atoms with van der Waals surface area (Å²) in [5.74, 6) is -0.424. The lowest BCUT2D eigenvalue weighted by molar-refractivity contribution is -0.145. The van der Waals surface area contributed by atoms with Crippen molar-refractivity contribution < 1.29 is 9.59 Å². The Bertz CT molecular complexity index is 311. The van der Waals surface area contributed by atoms with Crippen molar-refractivity contribution in [3.05, 3.63) is 0 Å². The smallest absolute Gasteiger partial charge is 0.230 e. The minimum atomic E-state index is -0.473. The Labute approximate surface area is 121 Å². The van der Waals surface area contributed by atoms with E-state index >= 15 is 0 Å². The molecule has 0 aromatic carbocycles. The van der Waals surface area contributed by atoms with Gasteiger partial charge < -0.3 is 16.4 Å². The number of halogens is 1. The fourth-order valence-electron chi connectivity index (χ4n) is 2.66. The Kier molecular flexibility index (Phi) is 7.37. The number of hydrogen-bond acceptors (Lipinski definition) is 3. The first kappa shape index (κ1) is 18.2. The molecule has 0 aromatic heterocycles. The molecule has 1 saturated heterocycles. The van der Waals surface area contributed by atoms with Gasteiger partial charge in [0.25, 0.3) is 0 Å². The first-order chi connectivity index (χ1) is 8.50. The molecule has 1 aliphatic rings. The lowest BCUT2D eigenvalue weighted by atomic mass is 9.80. The molecule has 0 saturated carbocycles. The second kappa shape index (κ2) is 7.70. The molecule has 0 aromatic rings. The van der Waals surface area contributed by atoms with Crippen LogP contribution in [-0.4, -0.2) is 36.3 Å². The molecule has 1 heterocycles. The molecule has 112 valence electrons. The van der Waals surface area contributed by atoms with E-state index in [0.717, 1.165) is 25.7 Å². The van der Waals surface area contributed by atoms with Gasteiger partial charge in [-0.2, -0.15) is 0 Å². The number of hydrogen-bond donors (Lipinski definition) is 2. The summed E-state index contributed by atoms with van der Waals surface area (Å²) in [6, 6.07) is 0. The average molecular weight is 292 g/mol. The first-order valence-electron chi connectivity index (χ1n) is 6.79. The van der Waals surface area contributed by atoms with Crippen molar-refractivity contribution in [1.29, 1.82) is 0 Å². The molecule has 6 heteroatoms. The fourth-order valence-corrected chi connectivity index (χ4v) is 2.66. The number of primary amides is 1. The van der Waals surface area contributed by atoms with Crippen LogP contribution >= 0.6 is 12.4 Å². The fraction of sp³-hybridized carbons (Fsp3) is 0.846. The van der Waals surface area contributed by atoms with Gasteiger partial charge in [0.2, 0.25) is 11.8 Å². The number of carbonyl (C=O) groups excluding carboxylic acids is 2. The summed E-state index contributed by atoms with van der Waals surface area (Å²) in [6.45, 7) is 5.50. The van der Waals surface area contributed by atoms with E-state index in [1.54, 1.807) is 4.90 Å². The molecular formula is C13H26ClN3O2. The van der Waals surface area contributed by atoms with Gasteiger partial charge in [0, 0.05) is 19.6 Å². The summed E-state index contributed by atoms with van der Waals surface area (Å²) in [5.41, 5.74) is 10.7. The molecule has 2 amide bonds. The zero-order valence-corrected chi connectivity index (χ0v) is 12.7. The molecule has 1 aliphatic heterocycles. The van der Waals surface area contributed by atoms with Crippen molar-refractivity contribution in [2.45, 2.75) is 39.5 Å². The van der Waals surface area contributed by atoms with Crippen LogP contribution in [0.4, 0.5) is 0 Å². The Morgan fingerprint density at radius 3 is 2.32 bits per heavy atom. The van der Waals surface area contributed by atoms with Gasteiger partial charge in [-0.25, -0.2) is 0 Å². The number of likely N-dealkylation sites (tertiary alicyclic amines) is 1. The minimum Gasteiger partial charge on any atom is -0.369 e. The molecule has 0 spiro atoms. The van der Waals surface area contributed by atoms with Crippen molar-refractivity contribution >= 4 is 24.2 Å². The maximum Gasteiger partial charge on any atom is 0.230 e. The molecule has 0 bridgehead atoms. The standard InChI is InChI=1S/C13H25N3O2.ClH/c1-3-13(4-2,9-14)12(18)16-7-5-6-10(8-16)11(15)17;/h10H,3-9,14H2,1-2H3,(H2,15,17);1H. The van der Waals surface area contributed by atoms with E-state index in [4.69, 9.17) is 11.5 Å². The van der Waals surface area contributed by atoms with Gasteiger partial charge in [0.1, 0.15) is 0 Å². The molecule has 5 nitrogen and oxygen atoms in total. The number of carbonyl (C=O) groups is 2. The quantitative estimate of drug-likeness (QED) is 0.788. The van der Waals surface area contributed by atoms with Crippen LogP contribution in [0, 0.1) is 11.3 Å². The van der Waals surface area contributed by atoms with Crippen LogP contribution in [0.5, 0.6) is 0 Å². The lowest BCUT2D eigenvalue weighted by Crippen LogP contribution is -2.52. The summed E-state index contributed by atoms with van der Waals surface area (Å²) in [7, 11) is 0. The van der Waals surface area contributed by atoms with Crippen molar-refractivity contribution in [1.82, 2.24) is 4.90 Å². The summed E-state index contributed by atoms with van der Waals surface area (Å²) < 4.78 is 0. The molecule has 1 rings (SSSR count). The van der Waals surface area contributed by atoms with Crippen LogP contribution < -0.4 is 11.5 Å². The molecule has 0 radical (unpaired) electrons. The zero-order chi connectivity index (χ0) is 13.8. The van der Waals surface area contributed by atoms with Gasteiger partial charge in [-0.3, -0.25) is 9.59 Å². The van der Waals surface area contributed by atoms with E-state index in [1.165, 1.54) is 0 Å². The molecule has 4 N–H and O–H groups in total. The molecule has 1 fully saturated rings. The third-order valence-electron chi connectivity index (χ3n) is 4.31. The highest BCUT2D eigenvalue weighted by Gasteiger charge is 2.39. The number of nitrogens with zero attached hydrogens (tertiary/aromatic N) is 1. The first-order valence-corrected chi connectivity index (χ1v) is 6.79. The zero-order valence-electron chi connectivity index (χ0n) is 11.9. The van der Waals surface area contributed by atoms with Crippen LogP contribution in [0.25, 0.3) is 0 Å². The SMILES string of the molecule is CCC(CC)(CN)C(=O)N1CCCC(C(N)=O)C1.Cl. The molecule has 1 unspecified atom stereocenters. The van der Waals surface area contributed by atoms with E-state index in [1.807, 2.05) is 13.8 Å². The van der Waals surface area contributed by atoms with Crippen LogP contribution in [-0.2, 0) is 9.59 Å². The van der Waals surface area contributed by atoms with E-state index in [2.05, 4.69) is 0 Å². The van der Waals surface area contributed by atoms with E-state index in [-0.39, 0.29) is 30.1 Å². The van der Waals surface area contributed by atoms with Gasteiger partial charge >= 0.3 is 0 Å². The maximum atomic E-state index is 12.6. The van der Waals surface area contributed by atoms with Crippen LogP contribution in [0.1, 0.15) is 39.5 Å². The normalized spacial score (nSPS) is 19.7. The highest BCUT2D eigenvalue weighted by atomic mass is 35.5. The Hall–Kier alpha value is -0.810. The van der Waals surface area contributed by atoms with Gasteiger partial charge in [-0.15, -0.1) is 12.4 Å². The van der Waals surface area contributed by atoms with Crippen molar-refractivity contribution in [3.63, 3.8) is 0 Å². The summed E-state index contributed by atoms with van der Waals surface area (Å²) in [5, 5.41) is 0. The average Bonchev–Trinajstić information content (AvgIpc) is 2.41. The molecule has 19 heavy (non-hydrogen) atoms. The minimum absolute atomic E-state index is 0. The van der Waals surface area contributed by atoms with Gasteiger partial charge in [0.05, 0.1) is 11.3 Å². The third kappa shape index (κ3) is 3.83. The van der Waals surface area contributed by atoms with E-state index in [0.29, 0.717) is 19.6 Å². The molecule has 0 aliphatic carbocycles. The van der Waals surface area contributed by atoms with Gasteiger partial charge in [0.15, 0.2) is 0 Å². The van der Waals surface area contributed by atoms with Gasteiger partial charge in [-0.05, 0) is 25.7 Å². The highest BCUT2D eigenvalue weighted by molar-refractivity contribution is 5.85. The van der Waals surface area contributed by atoms with E-state index < -0.39 is 5.41 Å². The van der Waals surface area contributed by atoms with Crippen LogP contribution in [0.2, 0.25) is 0 Å². The maximum absolute atomic E-state index is 12.6. The lowest BCUT2D eigenvalue weighted by Gasteiger charge is -2.39. The monoisotopic (exact) mass is 291 g/mol. The topological polar surface area (TPSA) is 89.4 Å². The number of piperidine rings is 1. The molecular weight excluding hydrogens is 266 g/mol. The van der Waals surface area contributed by atoms with Crippen molar-refractivity contribution in [2.24, 2.45) is 22.8 Å².